The number of hydrogen-bond acceptors (Lipinski definition) is 3. The number of likely N-dealkylation sites (N-methyl/N-ethyl adjacent to an activating group) is 1. The molecule has 0 radical (unpaired) electrons. The molecular formula is C49H34N2O. The van der Waals surface area contributed by atoms with Gasteiger partial charge in [-0.1, -0.05) is 140 Å². The second kappa shape index (κ2) is 11.2. The molecule has 2 aliphatic heterocycles. The summed E-state index contributed by atoms with van der Waals surface area (Å²) >= 11 is 0. The van der Waals surface area contributed by atoms with Gasteiger partial charge in [-0.25, -0.2) is 0 Å². The predicted molar refractivity (Wildman–Crippen MR) is 219 cm³/mol. The highest BCUT2D eigenvalue weighted by Gasteiger charge is 2.28. The van der Waals surface area contributed by atoms with Crippen molar-refractivity contribution in [1.82, 2.24) is 0 Å². The summed E-state index contributed by atoms with van der Waals surface area (Å²) in [6.45, 7) is 0. The highest BCUT2D eigenvalue weighted by molar-refractivity contribution is 6.25. The zero-order chi connectivity index (χ0) is 34.3. The maximum absolute atomic E-state index is 6.70. The van der Waals surface area contributed by atoms with E-state index in [0.717, 1.165) is 22.4 Å². The molecule has 3 heteroatoms. The first-order valence-corrected chi connectivity index (χ1v) is 18.0. The van der Waals surface area contributed by atoms with Crippen LogP contribution in [0.2, 0.25) is 0 Å². The van der Waals surface area contributed by atoms with Crippen molar-refractivity contribution in [3.63, 3.8) is 0 Å². The van der Waals surface area contributed by atoms with E-state index in [4.69, 9.17) is 4.74 Å². The van der Waals surface area contributed by atoms with E-state index >= 15 is 0 Å². The monoisotopic (exact) mass is 666 g/mol. The van der Waals surface area contributed by atoms with E-state index in [0.29, 0.717) is 0 Å². The molecule has 0 aromatic heterocycles. The summed E-state index contributed by atoms with van der Waals surface area (Å²) in [5, 5.41) is 16.1. The van der Waals surface area contributed by atoms with Gasteiger partial charge in [-0.05, 0) is 95.5 Å². The fraction of sp³-hybridized carbons (Fsp3) is 0.0612. The highest BCUT2D eigenvalue weighted by atomic mass is 16.5. The van der Waals surface area contributed by atoms with Crippen molar-refractivity contribution >= 4 is 70.8 Å². The standard InChI is InChI=1S/C49H34N2O/c1-51-45-18-10-9-17-40(45)41(29-46(51)34-23-25-39-37-15-6-5-13-35(37)36-14-7-8-16-38(36)43(39)28-34)33-22-20-30-19-21-31-24-26-44-48(47(31)42(30)27-33)52-49(50-44)32-11-3-2-4-12-32/h2-29,46,49-50H,1H3. The van der Waals surface area contributed by atoms with Gasteiger partial charge in [0.15, 0.2) is 12.0 Å². The number of para-hydroxylation sites is 1. The van der Waals surface area contributed by atoms with Crippen LogP contribution in [0.3, 0.4) is 0 Å². The van der Waals surface area contributed by atoms with E-state index < -0.39 is 0 Å². The molecule has 0 amide bonds. The van der Waals surface area contributed by atoms with Gasteiger partial charge in [0, 0.05) is 29.2 Å². The second-order valence-electron chi connectivity index (χ2n) is 14.1. The van der Waals surface area contributed by atoms with Crippen LogP contribution < -0.4 is 15.0 Å². The van der Waals surface area contributed by atoms with Gasteiger partial charge in [-0.15, -0.1) is 0 Å². The molecular weight excluding hydrogens is 633 g/mol. The number of hydrogen-bond donors (Lipinski definition) is 1. The Kier molecular flexibility index (Phi) is 6.29. The molecule has 52 heavy (non-hydrogen) atoms. The molecule has 0 fully saturated rings. The van der Waals surface area contributed by atoms with Crippen LogP contribution in [0.4, 0.5) is 11.4 Å². The van der Waals surface area contributed by atoms with Gasteiger partial charge in [0.25, 0.3) is 0 Å². The number of ether oxygens (including phenoxy) is 1. The minimum atomic E-state index is -0.221. The molecule has 3 nitrogen and oxygen atoms in total. The first-order chi connectivity index (χ1) is 25.7. The summed E-state index contributed by atoms with van der Waals surface area (Å²) in [5.74, 6) is 0.917. The van der Waals surface area contributed by atoms with Gasteiger partial charge in [-0.2, -0.15) is 0 Å². The molecule has 0 bridgehead atoms. The molecule has 2 aliphatic rings. The average Bonchev–Trinajstić information content (AvgIpc) is 3.66. The number of fused-ring (bicyclic) bond motifs is 12. The summed E-state index contributed by atoms with van der Waals surface area (Å²) in [6.07, 6.45) is 2.24. The summed E-state index contributed by atoms with van der Waals surface area (Å²) in [5.41, 5.74) is 8.33. The number of rotatable bonds is 3. The fourth-order valence-corrected chi connectivity index (χ4v) is 8.78. The summed E-state index contributed by atoms with van der Waals surface area (Å²) < 4.78 is 6.70. The van der Waals surface area contributed by atoms with Gasteiger partial charge in [0.2, 0.25) is 0 Å². The topological polar surface area (TPSA) is 24.5 Å². The molecule has 1 N–H and O–H groups in total. The van der Waals surface area contributed by atoms with Crippen LogP contribution >= 0.6 is 0 Å². The van der Waals surface area contributed by atoms with E-state index in [-0.39, 0.29) is 12.3 Å². The Morgan fingerprint density at radius 2 is 1.15 bits per heavy atom. The zero-order valence-electron chi connectivity index (χ0n) is 28.7. The lowest BCUT2D eigenvalue weighted by molar-refractivity contribution is 0.263. The van der Waals surface area contributed by atoms with Crippen LogP contribution in [0.25, 0.3) is 59.4 Å². The van der Waals surface area contributed by atoms with Gasteiger partial charge < -0.3 is 15.0 Å². The lowest BCUT2D eigenvalue weighted by atomic mass is 9.86. The SMILES string of the molecule is CN1c2ccccc2C(c2ccc3ccc4ccc5c(c4c3c2)OC(c2ccccc2)N5)=CC1c1ccc2c3ccccc3c3ccccc3c2c1. The highest BCUT2D eigenvalue weighted by Crippen LogP contribution is 2.48. The molecule has 0 spiro atoms. The molecule has 2 heterocycles. The summed E-state index contributed by atoms with van der Waals surface area (Å²) in [6, 6.07) is 59.7. The van der Waals surface area contributed by atoms with Crippen LogP contribution in [-0.2, 0) is 0 Å². The smallest absolute Gasteiger partial charge is 0.196 e. The maximum atomic E-state index is 6.70. The van der Waals surface area contributed by atoms with Crippen LogP contribution in [0.5, 0.6) is 5.75 Å². The van der Waals surface area contributed by atoms with Gasteiger partial charge in [0.1, 0.15) is 0 Å². The average molecular weight is 667 g/mol. The minimum Gasteiger partial charge on any atom is -0.464 e. The maximum Gasteiger partial charge on any atom is 0.196 e. The summed E-state index contributed by atoms with van der Waals surface area (Å²) in [4.78, 5) is 2.43. The first-order valence-electron chi connectivity index (χ1n) is 18.0. The van der Waals surface area contributed by atoms with Gasteiger partial charge in [0.05, 0.1) is 11.7 Å². The first kappa shape index (κ1) is 29.2. The van der Waals surface area contributed by atoms with Crippen molar-refractivity contribution in [3.05, 3.63) is 192 Å². The van der Waals surface area contributed by atoms with Crippen molar-refractivity contribution in [3.8, 4) is 5.75 Å². The summed E-state index contributed by atoms with van der Waals surface area (Å²) in [7, 11) is 2.23. The van der Waals surface area contributed by atoms with Gasteiger partial charge in [-0.3, -0.25) is 0 Å². The molecule has 246 valence electrons. The van der Waals surface area contributed by atoms with Crippen LogP contribution in [0, 0.1) is 0 Å². The number of benzene rings is 9. The molecule has 11 rings (SSSR count). The molecule has 2 atom stereocenters. The molecule has 2 unspecified atom stereocenters. The predicted octanol–water partition coefficient (Wildman–Crippen LogP) is 12.6. The third-order valence-corrected chi connectivity index (χ3v) is 11.3. The van der Waals surface area contributed by atoms with Gasteiger partial charge >= 0.3 is 0 Å². The lowest BCUT2D eigenvalue weighted by Crippen LogP contribution is -2.27. The Morgan fingerprint density at radius 3 is 1.94 bits per heavy atom. The van der Waals surface area contributed by atoms with Crippen molar-refractivity contribution in [2.24, 2.45) is 0 Å². The Labute approximate surface area is 302 Å². The third kappa shape index (κ3) is 4.32. The van der Waals surface area contributed by atoms with Crippen molar-refractivity contribution < 1.29 is 4.74 Å². The Balaban J connectivity index is 1.09. The molecule has 0 aliphatic carbocycles. The van der Waals surface area contributed by atoms with Crippen LogP contribution in [0.1, 0.15) is 34.5 Å². The van der Waals surface area contributed by atoms with E-state index in [1.807, 2.05) is 6.07 Å². The Bertz CT molecular complexity index is 2910. The van der Waals surface area contributed by atoms with E-state index in [9.17, 15) is 0 Å². The molecule has 9 aromatic carbocycles. The Morgan fingerprint density at radius 1 is 0.519 bits per heavy atom. The van der Waals surface area contributed by atoms with E-state index in [1.165, 1.54) is 76.4 Å². The minimum absolute atomic E-state index is 0.0474. The normalized spacial score (nSPS) is 16.6. The number of nitrogens with one attached hydrogen (secondary N) is 1. The molecule has 9 aromatic rings. The molecule has 0 saturated carbocycles. The largest absolute Gasteiger partial charge is 0.464 e. The van der Waals surface area contributed by atoms with E-state index in [2.05, 4.69) is 181 Å². The quantitative estimate of drug-likeness (QED) is 0.190. The molecule has 0 saturated heterocycles. The van der Waals surface area contributed by atoms with Crippen molar-refractivity contribution in [2.45, 2.75) is 12.3 Å². The fourth-order valence-electron chi connectivity index (χ4n) is 8.78. The van der Waals surface area contributed by atoms with Crippen LogP contribution in [-0.4, -0.2) is 7.05 Å². The van der Waals surface area contributed by atoms with Crippen molar-refractivity contribution in [1.29, 1.82) is 0 Å². The second-order valence-corrected chi connectivity index (χ2v) is 14.1. The number of anilines is 2. The number of nitrogens with zero attached hydrogens (tertiary/aromatic N) is 1. The lowest BCUT2D eigenvalue weighted by Gasteiger charge is -2.35. The zero-order valence-corrected chi connectivity index (χ0v) is 28.7. The van der Waals surface area contributed by atoms with E-state index in [1.54, 1.807) is 0 Å². The van der Waals surface area contributed by atoms with Crippen LogP contribution in [0.15, 0.2) is 170 Å². The Hall–Kier alpha value is -6.58. The van der Waals surface area contributed by atoms with Crippen molar-refractivity contribution in [2.75, 3.05) is 17.3 Å². The third-order valence-electron chi connectivity index (χ3n) is 11.3.